The minimum Gasteiger partial charge on any atom is -0.496 e. The highest BCUT2D eigenvalue weighted by Gasteiger charge is 2.06. The number of pyridine rings is 1. The molecule has 0 saturated heterocycles. The smallest absolute Gasteiger partial charge is 0.166 e. The van der Waals surface area contributed by atoms with Crippen molar-refractivity contribution < 1.29 is 9.13 Å². The highest BCUT2D eigenvalue weighted by molar-refractivity contribution is 9.10. The fourth-order valence-electron chi connectivity index (χ4n) is 1.60. The molecule has 1 aromatic heterocycles. The maximum Gasteiger partial charge on any atom is 0.166 e. The van der Waals surface area contributed by atoms with Crippen LogP contribution in [-0.2, 0) is 0 Å². The topological polar surface area (TPSA) is 34.1 Å². The lowest BCUT2D eigenvalue weighted by molar-refractivity contribution is 0.412. The van der Waals surface area contributed by atoms with Crippen LogP contribution in [0.3, 0.4) is 0 Å². The van der Waals surface area contributed by atoms with Crippen LogP contribution in [-0.4, -0.2) is 12.1 Å². The lowest BCUT2D eigenvalue weighted by Gasteiger charge is -2.10. The van der Waals surface area contributed by atoms with Crippen LogP contribution in [0, 0.1) is 12.7 Å². The number of methoxy groups -OCH3 is 1. The van der Waals surface area contributed by atoms with Gasteiger partial charge in [-0.1, -0.05) is 0 Å². The molecule has 0 bridgehead atoms. The number of nitrogens with zero attached hydrogens (tertiary/aromatic N) is 1. The molecule has 2 rings (SSSR count). The highest BCUT2D eigenvalue weighted by atomic mass is 79.9. The van der Waals surface area contributed by atoms with Crippen molar-refractivity contribution >= 4 is 27.4 Å². The zero-order chi connectivity index (χ0) is 13.1. The van der Waals surface area contributed by atoms with Crippen molar-refractivity contribution in [1.82, 2.24) is 4.98 Å². The molecule has 0 aliphatic carbocycles. The molecule has 2 aromatic rings. The first kappa shape index (κ1) is 12.8. The van der Waals surface area contributed by atoms with Gasteiger partial charge in [0, 0.05) is 16.4 Å². The minimum absolute atomic E-state index is 0.197. The molecule has 0 amide bonds. The summed E-state index contributed by atoms with van der Waals surface area (Å²) in [6, 6.07) is 6.89. The molecule has 94 valence electrons. The lowest BCUT2D eigenvalue weighted by Crippen LogP contribution is -1.98. The van der Waals surface area contributed by atoms with Gasteiger partial charge in [0.25, 0.3) is 0 Å². The second-order valence-electron chi connectivity index (χ2n) is 3.79. The molecule has 0 saturated carbocycles. The molecule has 5 heteroatoms. The number of hydrogen-bond acceptors (Lipinski definition) is 3. The third kappa shape index (κ3) is 2.79. The molecule has 1 aromatic carbocycles. The molecule has 1 N–H and O–H groups in total. The largest absolute Gasteiger partial charge is 0.496 e. The van der Waals surface area contributed by atoms with Crippen LogP contribution in [0.15, 0.2) is 34.9 Å². The van der Waals surface area contributed by atoms with Crippen molar-refractivity contribution in [3.8, 4) is 5.75 Å². The number of benzene rings is 1. The van der Waals surface area contributed by atoms with Gasteiger partial charge in [-0.3, -0.25) is 0 Å². The van der Waals surface area contributed by atoms with E-state index in [2.05, 4.69) is 26.2 Å². The van der Waals surface area contributed by atoms with Crippen LogP contribution >= 0.6 is 15.9 Å². The average Bonchev–Trinajstić information content (AvgIpc) is 2.33. The van der Waals surface area contributed by atoms with Crippen molar-refractivity contribution in [1.29, 1.82) is 0 Å². The van der Waals surface area contributed by atoms with Crippen molar-refractivity contribution in [3.05, 3.63) is 46.3 Å². The molecule has 0 radical (unpaired) electrons. The average molecular weight is 311 g/mol. The maximum absolute atomic E-state index is 13.6. The van der Waals surface area contributed by atoms with Crippen molar-refractivity contribution in [2.45, 2.75) is 6.92 Å². The van der Waals surface area contributed by atoms with Gasteiger partial charge in [0.15, 0.2) is 11.6 Å². The van der Waals surface area contributed by atoms with Gasteiger partial charge in [-0.25, -0.2) is 9.37 Å². The quantitative estimate of drug-likeness (QED) is 0.929. The normalized spacial score (nSPS) is 10.2. The summed E-state index contributed by atoms with van der Waals surface area (Å²) in [5.41, 5.74) is 1.74. The van der Waals surface area contributed by atoms with Gasteiger partial charge in [0.2, 0.25) is 0 Å². The Kier molecular flexibility index (Phi) is 3.81. The number of anilines is 2. The molecular formula is C13H12BrFN2O. The van der Waals surface area contributed by atoms with Crippen molar-refractivity contribution in [2.75, 3.05) is 12.4 Å². The minimum atomic E-state index is -0.405. The third-order valence-corrected chi connectivity index (χ3v) is 2.90. The van der Waals surface area contributed by atoms with E-state index in [4.69, 9.17) is 4.74 Å². The second kappa shape index (κ2) is 5.35. The first-order chi connectivity index (χ1) is 8.60. The van der Waals surface area contributed by atoms with Crippen molar-refractivity contribution in [3.63, 3.8) is 0 Å². The summed E-state index contributed by atoms with van der Waals surface area (Å²) in [6.45, 7) is 1.93. The van der Waals surface area contributed by atoms with Gasteiger partial charge in [-0.15, -0.1) is 0 Å². The number of halogens is 2. The van der Waals surface area contributed by atoms with E-state index in [1.165, 1.54) is 6.07 Å². The third-order valence-electron chi connectivity index (χ3n) is 2.47. The Balaban J connectivity index is 2.26. The zero-order valence-electron chi connectivity index (χ0n) is 10.00. The summed E-state index contributed by atoms with van der Waals surface area (Å²) >= 11 is 3.17. The van der Waals surface area contributed by atoms with E-state index in [-0.39, 0.29) is 5.82 Å². The van der Waals surface area contributed by atoms with Crippen LogP contribution < -0.4 is 10.1 Å². The Morgan fingerprint density at radius 1 is 1.33 bits per heavy atom. The Hall–Kier alpha value is -1.62. The van der Waals surface area contributed by atoms with E-state index >= 15 is 0 Å². The summed E-state index contributed by atoms with van der Waals surface area (Å²) < 4.78 is 19.4. The predicted octanol–water partition coefficient (Wildman–Crippen LogP) is 4.04. The highest BCUT2D eigenvalue weighted by Crippen LogP contribution is 2.25. The van der Waals surface area contributed by atoms with E-state index in [0.717, 1.165) is 17.0 Å². The second-order valence-corrected chi connectivity index (χ2v) is 4.71. The summed E-state index contributed by atoms with van der Waals surface area (Å²) in [5.74, 6) is 0.588. The molecule has 0 aliphatic rings. The van der Waals surface area contributed by atoms with Gasteiger partial charge in [-0.2, -0.15) is 0 Å². The molecule has 3 nitrogen and oxygen atoms in total. The Morgan fingerprint density at radius 3 is 2.72 bits per heavy atom. The van der Waals surface area contributed by atoms with E-state index in [0.29, 0.717) is 4.47 Å². The fourth-order valence-corrected chi connectivity index (χ4v) is 1.90. The van der Waals surface area contributed by atoms with Crippen LogP contribution in [0.1, 0.15) is 5.56 Å². The summed E-state index contributed by atoms with van der Waals surface area (Å²) in [5, 5.41) is 2.93. The predicted molar refractivity (Wildman–Crippen MR) is 72.9 cm³/mol. The van der Waals surface area contributed by atoms with E-state index in [9.17, 15) is 4.39 Å². The number of ether oxygens (including phenoxy) is 1. The summed E-state index contributed by atoms with van der Waals surface area (Å²) in [6.07, 6.45) is 1.54. The first-order valence-corrected chi connectivity index (χ1v) is 6.12. The van der Waals surface area contributed by atoms with Gasteiger partial charge in [-0.05, 0) is 52.7 Å². The van der Waals surface area contributed by atoms with Crippen molar-refractivity contribution in [2.24, 2.45) is 0 Å². The molecule has 1 heterocycles. The number of aryl methyl sites for hydroxylation is 1. The molecule has 0 spiro atoms. The Bertz CT molecular complexity index is 575. The zero-order valence-corrected chi connectivity index (χ0v) is 11.6. The maximum atomic E-state index is 13.6. The first-order valence-electron chi connectivity index (χ1n) is 5.33. The number of aromatic nitrogens is 1. The van der Waals surface area contributed by atoms with Gasteiger partial charge in [0.05, 0.1) is 7.11 Å². The monoisotopic (exact) mass is 310 g/mol. The van der Waals surface area contributed by atoms with Gasteiger partial charge in [0.1, 0.15) is 5.75 Å². The molecule has 0 unspecified atom stereocenters. The Morgan fingerprint density at radius 2 is 2.11 bits per heavy atom. The van der Waals surface area contributed by atoms with E-state index in [1.54, 1.807) is 13.3 Å². The summed E-state index contributed by atoms with van der Waals surface area (Å²) in [4.78, 5) is 3.98. The van der Waals surface area contributed by atoms with Crippen LogP contribution in [0.4, 0.5) is 15.9 Å². The molecule has 0 fully saturated rings. The molecule has 18 heavy (non-hydrogen) atoms. The van der Waals surface area contributed by atoms with Crippen LogP contribution in [0.5, 0.6) is 5.75 Å². The van der Waals surface area contributed by atoms with Gasteiger partial charge >= 0.3 is 0 Å². The number of nitrogens with one attached hydrogen (secondary N) is 1. The number of rotatable bonds is 3. The Labute approximate surface area is 113 Å². The molecule has 0 atom stereocenters. The van der Waals surface area contributed by atoms with E-state index < -0.39 is 5.82 Å². The number of hydrogen-bond donors (Lipinski definition) is 1. The molecular weight excluding hydrogens is 299 g/mol. The van der Waals surface area contributed by atoms with Crippen LogP contribution in [0.25, 0.3) is 0 Å². The lowest BCUT2D eigenvalue weighted by atomic mass is 10.2. The standard InChI is InChI=1S/C13H12BrFN2O/c1-8-5-10(3-4-12(8)18-2)17-13-11(15)6-9(14)7-16-13/h3-7H,1-2H3,(H,16,17). The summed E-state index contributed by atoms with van der Waals surface area (Å²) in [7, 11) is 1.62. The fraction of sp³-hybridized carbons (Fsp3) is 0.154. The van der Waals surface area contributed by atoms with Gasteiger partial charge < -0.3 is 10.1 Å². The van der Waals surface area contributed by atoms with Crippen LogP contribution in [0.2, 0.25) is 0 Å². The van der Waals surface area contributed by atoms with E-state index in [1.807, 2.05) is 25.1 Å². The SMILES string of the molecule is COc1ccc(Nc2ncc(Br)cc2F)cc1C. The molecule has 0 aliphatic heterocycles.